The molecule has 0 fully saturated rings. The number of hydrogen-bond donors (Lipinski definition) is 0. The Bertz CT molecular complexity index is 165. The van der Waals surface area contributed by atoms with Gasteiger partial charge in [-0.25, -0.2) is 9.18 Å². The number of hydrogen-bond acceptors (Lipinski definition) is 2. The minimum absolute atomic E-state index is 0.256. The summed E-state index contributed by atoms with van der Waals surface area (Å²) >= 11 is 0. The van der Waals surface area contributed by atoms with Crippen molar-refractivity contribution in [2.24, 2.45) is 0 Å². The lowest BCUT2D eigenvalue weighted by Crippen LogP contribution is -2.25. The maximum atomic E-state index is 13.1. The number of carbonyl (C=O) groups excluding carboxylic acids is 1. The normalized spacial score (nSPS) is 13.9. The van der Waals surface area contributed by atoms with E-state index in [4.69, 9.17) is 0 Å². The molecule has 0 radical (unpaired) electrons. The average Bonchev–Trinajstić information content (AvgIpc) is 1.99. The smallest absolute Gasteiger partial charge is 0.340 e. The molecule has 0 heterocycles. The van der Waals surface area contributed by atoms with E-state index in [1.165, 1.54) is 0 Å². The second kappa shape index (κ2) is 5.37. The Morgan fingerprint density at radius 1 is 1.46 bits per heavy atom. The number of halogens is 1. The van der Waals surface area contributed by atoms with E-state index in [0.717, 1.165) is 6.04 Å². The van der Waals surface area contributed by atoms with E-state index < -0.39 is 20.2 Å². The number of alkyl halides is 1. The minimum atomic E-state index is -1.42. The maximum Gasteiger partial charge on any atom is 0.340 e. The van der Waals surface area contributed by atoms with Crippen molar-refractivity contribution in [1.29, 1.82) is 0 Å². The highest BCUT2D eigenvalue weighted by Gasteiger charge is 2.22. The second-order valence-electron chi connectivity index (χ2n) is 4.32. The van der Waals surface area contributed by atoms with Crippen LogP contribution < -0.4 is 0 Å². The summed E-state index contributed by atoms with van der Waals surface area (Å²) in [6.45, 7) is 8.41. The fraction of sp³-hybridized carbons (Fsp3) is 0.889. The molecule has 0 spiro atoms. The van der Waals surface area contributed by atoms with E-state index in [1.807, 2.05) is 0 Å². The first-order valence-electron chi connectivity index (χ1n) is 4.67. The third kappa shape index (κ3) is 6.75. The maximum absolute atomic E-state index is 13.1. The molecule has 4 heteroatoms. The molecule has 1 unspecified atom stereocenters. The molecule has 0 rings (SSSR count). The van der Waals surface area contributed by atoms with Crippen molar-refractivity contribution in [2.45, 2.75) is 45.2 Å². The molecule has 0 aliphatic carbocycles. The Morgan fingerprint density at radius 2 is 2.00 bits per heavy atom. The summed E-state index contributed by atoms with van der Waals surface area (Å²) in [4.78, 5) is 10.9. The predicted octanol–water partition coefficient (Wildman–Crippen LogP) is 2.62. The van der Waals surface area contributed by atoms with Crippen LogP contribution in [0.15, 0.2) is 0 Å². The zero-order valence-corrected chi connectivity index (χ0v) is 9.89. The molecule has 0 N–H and O–H groups in total. The molecule has 2 nitrogen and oxygen atoms in total. The Kier molecular flexibility index (Phi) is 5.21. The average molecular weight is 206 g/mol. The summed E-state index contributed by atoms with van der Waals surface area (Å²) in [5.74, 6) is -0.708. The van der Waals surface area contributed by atoms with Crippen molar-refractivity contribution in [3.63, 3.8) is 0 Å². The summed E-state index contributed by atoms with van der Waals surface area (Å²) in [5.41, 5.74) is 0. The summed E-state index contributed by atoms with van der Waals surface area (Å²) in [6, 6.07) is 0.826. The molecule has 0 amide bonds. The molecule has 13 heavy (non-hydrogen) atoms. The molecule has 0 saturated heterocycles. The van der Waals surface area contributed by atoms with Gasteiger partial charge in [0.15, 0.2) is 6.17 Å². The first kappa shape index (κ1) is 12.6. The first-order chi connectivity index (χ1) is 5.87. The van der Waals surface area contributed by atoms with Crippen LogP contribution in [-0.4, -0.2) is 26.8 Å². The van der Waals surface area contributed by atoms with E-state index in [0.29, 0.717) is 6.42 Å². The minimum Gasteiger partial charge on any atom is -0.464 e. The number of rotatable bonds is 5. The quantitative estimate of drug-likeness (QED) is 0.510. The van der Waals surface area contributed by atoms with Gasteiger partial charge in [-0.2, -0.15) is 0 Å². The fourth-order valence-electron chi connectivity index (χ4n) is 0.910. The van der Waals surface area contributed by atoms with Gasteiger partial charge in [-0.15, -0.1) is 0 Å². The molecule has 0 aromatic heterocycles. The Hall–Kier alpha value is -0.383. The number of ether oxygens (including phenoxy) is 1. The van der Waals surface area contributed by atoms with Gasteiger partial charge in [0.1, 0.15) is 0 Å². The molecule has 0 bridgehead atoms. The lowest BCUT2D eigenvalue weighted by Gasteiger charge is -2.16. The topological polar surface area (TPSA) is 26.3 Å². The van der Waals surface area contributed by atoms with E-state index in [9.17, 15) is 9.18 Å². The molecular weight excluding hydrogens is 187 g/mol. The van der Waals surface area contributed by atoms with Gasteiger partial charge >= 0.3 is 5.97 Å². The highest BCUT2D eigenvalue weighted by molar-refractivity contribution is 6.76. The van der Waals surface area contributed by atoms with Crippen LogP contribution in [0, 0.1) is 0 Å². The van der Waals surface area contributed by atoms with Gasteiger partial charge in [-0.3, -0.25) is 0 Å². The van der Waals surface area contributed by atoms with Crippen molar-refractivity contribution >= 4 is 14.0 Å². The van der Waals surface area contributed by atoms with Crippen molar-refractivity contribution in [2.75, 3.05) is 6.61 Å². The van der Waals surface area contributed by atoms with Crippen LogP contribution in [0.25, 0.3) is 0 Å². The van der Waals surface area contributed by atoms with Crippen molar-refractivity contribution in [3.8, 4) is 0 Å². The van der Waals surface area contributed by atoms with Crippen LogP contribution in [0.5, 0.6) is 0 Å². The van der Waals surface area contributed by atoms with Crippen LogP contribution in [0.1, 0.15) is 13.3 Å². The summed E-state index contributed by atoms with van der Waals surface area (Å²) < 4.78 is 17.6. The van der Waals surface area contributed by atoms with Crippen LogP contribution in [-0.2, 0) is 9.53 Å². The zero-order chi connectivity index (χ0) is 10.5. The summed E-state index contributed by atoms with van der Waals surface area (Å²) in [7, 11) is -1.24. The van der Waals surface area contributed by atoms with Gasteiger partial charge in [0.05, 0.1) is 6.61 Å². The fourth-order valence-corrected chi connectivity index (χ4v) is 2.03. The van der Waals surface area contributed by atoms with Crippen LogP contribution >= 0.6 is 0 Å². The Morgan fingerprint density at radius 3 is 2.38 bits per heavy atom. The standard InChI is InChI=1S/C9H19FO2Si/c1-5-12-9(11)8(10)6-7-13(2,3)4/h8H,5-7H2,1-4H3. The first-order valence-corrected chi connectivity index (χ1v) is 8.38. The van der Waals surface area contributed by atoms with Crippen LogP contribution in [0.4, 0.5) is 4.39 Å². The number of esters is 1. The van der Waals surface area contributed by atoms with Crippen LogP contribution in [0.3, 0.4) is 0 Å². The van der Waals surface area contributed by atoms with Gasteiger partial charge in [0.25, 0.3) is 0 Å². The third-order valence-electron chi connectivity index (χ3n) is 1.69. The lowest BCUT2D eigenvalue weighted by molar-refractivity contribution is -0.149. The molecule has 0 saturated carbocycles. The van der Waals surface area contributed by atoms with Gasteiger partial charge in [0.2, 0.25) is 0 Å². The van der Waals surface area contributed by atoms with E-state index >= 15 is 0 Å². The highest BCUT2D eigenvalue weighted by atomic mass is 28.3. The third-order valence-corrected chi connectivity index (χ3v) is 3.48. The highest BCUT2D eigenvalue weighted by Crippen LogP contribution is 2.15. The molecule has 1 atom stereocenters. The molecule has 0 aromatic rings. The molecule has 0 aromatic carbocycles. The van der Waals surface area contributed by atoms with E-state index in [-0.39, 0.29) is 6.61 Å². The lowest BCUT2D eigenvalue weighted by atomic mass is 10.3. The zero-order valence-electron chi connectivity index (χ0n) is 8.89. The summed E-state index contributed by atoms with van der Waals surface area (Å²) in [6.07, 6.45) is -1.11. The molecule has 0 aliphatic heterocycles. The van der Waals surface area contributed by atoms with Gasteiger partial charge in [-0.05, 0) is 13.3 Å². The van der Waals surface area contributed by atoms with Crippen molar-refractivity contribution in [3.05, 3.63) is 0 Å². The SMILES string of the molecule is CCOC(=O)C(F)CC[Si](C)(C)C. The van der Waals surface area contributed by atoms with Crippen molar-refractivity contribution < 1.29 is 13.9 Å². The van der Waals surface area contributed by atoms with Gasteiger partial charge in [-0.1, -0.05) is 25.7 Å². The number of carbonyl (C=O) groups is 1. The summed E-state index contributed by atoms with van der Waals surface area (Å²) in [5, 5.41) is 0. The predicted molar refractivity (Wildman–Crippen MR) is 54.3 cm³/mol. The monoisotopic (exact) mass is 206 g/mol. The Labute approximate surface area is 80.5 Å². The molecular formula is C9H19FO2Si. The second-order valence-corrected chi connectivity index (χ2v) is 9.94. The molecule has 78 valence electrons. The van der Waals surface area contributed by atoms with Crippen LogP contribution in [0.2, 0.25) is 25.7 Å². The molecule has 0 aliphatic rings. The van der Waals surface area contributed by atoms with E-state index in [2.05, 4.69) is 24.4 Å². The largest absolute Gasteiger partial charge is 0.464 e. The van der Waals surface area contributed by atoms with E-state index in [1.54, 1.807) is 6.92 Å². The van der Waals surface area contributed by atoms with Crippen molar-refractivity contribution in [1.82, 2.24) is 0 Å². The van der Waals surface area contributed by atoms with Gasteiger partial charge < -0.3 is 4.74 Å². The Balaban J connectivity index is 3.74. The van der Waals surface area contributed by atoms with Gasteiger partial charge in [0, 0.05) is 8.07 Å².